The van der Waals surface area contributed by atoms with Gasteiger partial charge in [-0.25, -0.2) is 0 Å². The van der Waals surface area contributed by atoms with Crippen molar-refractivity contribution in [2.45, 2.75) is 69.7 Å². The van der Waals surface area contributed by atoms with Crippen molar-refractivity contribution in [2.24, 2.45) is 23.7 Å². The molecule has 9 aromatic carbocycles. The first-order valence-corrected chi connectivity index (χ1v) is 28.9. The molecule has 0 amide bonds. The van der Waals surface area contributed by atoms with Crippen LogP contribution in [0.4, 0.5) is 79.0 Å². The zero-order valence-corrected chi connectivity index (χ0v) is 49.3. The third-order valence-electron chi connectivity index (χ3n) is 16.9. The van der Waals surface area contributed by atoms with E-state index in [0.29, 0.717) is 56.8 Å². The highest BCUT2D eigenvalue weighted by atomic mass is 19.4. The maximum Gasteiger partial charge on any atom is 0.416 e. The van der Waals surface area contributed by atoms with Crippen molar-refractivity contribution in [3.63, 3.8) is 0 Å². The van der Waals surface area contributed by atoms with Gasteiger partial charge in [0.05, 0.1) is 18.2 Å². The van der Waals surface area contributed by atoms with E-state index in [9.17, 15) is 98.2 Å². The Morgan fingerprint density at radius 2 is 0.632 bits per heavy atom. The number of alkyl halides is 18. The maximum absolute atomic E-state index is 13.1. The topological polar surface area (TPSA) is 77.5 Å². The molecule has 0 N–H and O–H groups in total. The molecule has 13 rings (SSSR count). The van der Waals surface area contributed by atoms with Crippen molar-refractivity contribution >= 4 is 33.9 Å². The molecule has 0 spiro atoms. The van der Waals surface area contributed by atoms with Crippen LogP contribution in [0.1, 0.15) is 80.4 Å². The van der Waals surface area contributed by atoms with Gasteiger partial charge in [0.1, 0.15) is 29.4 Å². The summed E-state index contributed by atoms with van der Waals surface area (Å²) in [6, 6.07) is 46.8. The third-order valence-corrected chi connectivity index (χ3v) is 16.9. The van der Waals surface area contributed by atoms with Crippen LogP contribution in [0.2, 0.25) is 0 Å². The van der Waals surface area contributed by atoms with Gasteiger partial charge >= 0.3 is 37.1 Å². The summed E-state index contributed by atoms with van der Waals surface area (Å²) >= 11 is 0. The van der Waals surface area contributed by atoms with E-state index in [1.165, 1.54) is 19.2 Å². The fourth-order valence-corrected chi connectivity index (χ4v) is 12.3. The summed E-state index contributed by atoms with van der Waals surface area (Å²) in [5.74, 6) is -11.3. The summed E-state index contributed by atoms with van der Waals surface area (Å²) in [7, 11) is 1.53. The van der Waals surface area contributed by atoms with E-state index in [-0.39, 0.29) is 47.6 Å². The molecule has 0 bridgehead atoms. The number of aryl methyl sites for hydroxylation is 1. The van der Waals surface area contributed by atoms with E-state index >= 15 is 0 Å². The van der Waals surface area contributed by atoms with Crippen LogP contribution < -0.4 is 4.74 Å². The fraction of sp³-hybridized carbons (Fsp3) is 0.222. The molecule has 0 aliphatic heterocycles. The van der Waals surface area contributed by atoms with Gasteiger partial charge in [-0.2, -0.15) is 79.0 Å². The van der Waals surface area contributed by atoms with Crippen LogP contribution in [0, 0.1) is 30.6 Å². The number of carbonyl (C=O) groups is 4. The predicted octanol–water partition coefficient (Wildman–Crippen LogP) is 20.6. The lowest BCUT2D eigenvalue weighted by Crippen LogP contribution is -2.28. The van der Waals surface area contributed by atoms with Crippen LogP contribution in [0.25, 0.3) is 55.3 Å². The molecule has 0 aromatic heterocycles. The minimum Gasteiger partial charge on any atom is -0.497 e. The van der Waals surface area contributed by atoms with Crippen molar-refractivity contribution in [3.8, 4) is 50.3 Å². The first kappa shape index (κ1) is 68.3. The molecular weight excluding hydrogens is 1290 g/mol. The van der Waals surface area contributed by atoms with Crippen LogP contribution >= 0.6 is 0 Å². The summed E-state index contributed by atoms with van der Waals surface area (Å²) in [4.78, 5) is 49.1. The van der Waals surface area contributed by atoms with E-state index in [1.807, 2.05) is 73.7 Å². The molecule has 95 heavy (non-hydrogen) atoms. The van der Waals surface area contributed by atoms with Gasteiger partial charge in [-0.05, 0) is 140 Å². The molecule has 0 radical (unpaired) electrons. The average molecular weight is 1340 g/mol. The third kappa shape index (κ3) is 14.2. The van der Waals surface area contributed by atoms with E-state index in [2.05, 4.69) is 0 Å². The molecular formula is C72H48F18O5. The molecule has 0 saturated carbocycles. The molecule has 0 saturated heterocycles. The maximum atomic E-state index is 13.1. The highest BCUT2D eigenvalue weighted by Gasteiger charge is 2.53. The van der Waals surface area contributed by atoms with E-state index in [1.54, 1.807) is 78.9 Å². The van der Waals surface area contributed by atoms with Crippen LogP contribution in [-0.2, 0) is 38.0 Å². The molecule has 4 unspecified atom stereocenters. The van der Waals surface area contributed by atoms with Crippen molar-refractivity contribution in [2.75, 3.05) is 7.11 Å². The van der Waals surface area contributed by atoms with Gasteiger partial charge < -0.3 is 4.74 Å². The van der Waals surface area contributed by atoms with E-state index < -0.39 is 118 Å². The first-order chi connectivity index (χ1) is 44.4. The summed E-state index contributed by atoms with van der Waals surface area (Å²) in [5.41, 5.74) is 2.26. The zero-order chi connectivity index (χ0) is 69.1. The highest BCUT2D eigenvalue weighted by molar-refractivity contribution is 6.12. The number of rotatable bonds is 5. The normalized spacial score (nSPS) is 17.6. The largest absolute Gasteiger partial charge is 0.497 e. The number of benzene rings is 9. The van der Waals surface area contributed by atoms with Gasteiger partial charge in [0, 0.05) is 22.3 Å². The Kier molecular flexibility index (Phi) is 18.4. The van der Waals surface area contributed by atoms with Gasteiger partial charge in [0.15, 0.2) is 23.1 Å². The second-order valence-corrected chi connectivity index (χ2v) is 22.9. The van der Waals surface area contributed by atoms with E-state index in [4.69, 9.17) is 4.74 Å². The Balaban J connectivity index is 0.000000139. The zero-order valence-electron chi connectivity index (χ0n) is 49.3. The number of ether oxygens (including phenoxy) is 1. The molecule has 4 aliphatic carbocycles. The van der Waals surface area contributed by atoms with Gasteiger partial charge in [0.2, 0.25) is 0 Å². The van der Waals surface area contributed by atoms with Crippen molar-refractivity contribution < 1.29 is 103 Å². The molecule has 9 aromatic rings. The molecule has 0 heterocycles. The Morgan fingerprint density at radius 3 is 0.989 bits per heavy atom. The molecule has 4 atom stereocenters. The number of ketones is 4. The molecule has 0 fully saturated rings. The minimum atomic E-state index is -5.12. The number of hydrogen-bond acceptors (Lipinski definition) is 5. The molecule has 5 nitrogen and oxygen atoms in total. The number of Topliss-reactive ketones (excluding diaryl/α,β-unsaturated/α-hetero) is 4. The van der Waals surface area contributed by atoms with Gasteiger partial charge in [0.25, 0.3) is 0 Å². The SMILES string of the molecule is COc1ccc(-c2cccc3c2C(=O)C(C(F)(F)F)C3)cc1.Cc1ccc(-c2cccc3c2C(=O)C(C(F)(F)F)C3)cc1.O=C1c2c(cccc2-c2cc(C(F)(F)F)cc(C(F)(F)F)c2)CC1C(F)(F)F.O=C1c2c(cccc2-c2cccc3ccccc23)CC1C(F)(F)F. The molecule has 4 aliphatic rings. The monoisotopic (exact) mass is 1330 g/mol. The van der Waals surface area contributed by atoms with Crippen LogP contribution in [-0.4, -0.2) is 54.9 Å². The summed E-state index contributed by atoms with van der Waals surface area (Å²) < 4.78 is 240. The minimum absolute atomic E-state index is 0.0733. The number of fused-ring (bicyclic) bond motifs is 5. The Labute approximate surface area is 529 Å². The summed E-state index contributed by atoms with van der Waals surface area (Å²) in [5, 5.41) is 1.92. The first-order valence-electron chi connectivity index (χ1n) is 28.9. The lowest BCUT2D eigenvalue weighted by molar-refractivity contribution is -0.159. The average Bonchev–Trinajstić information content (AvgIpc) is 1.69. The second kappa shape index (κ2) is 25.6. The Morgan fingerprint density at radius 1 is 0.326 bits per heavy atom. The number of methoxy groups -OCH3 is 1. The Hall–Kier alpha value is -9.54. The summed E-state index contributed by atoms with van der Waals surface area (Å²) in [6.45, 7) is 1.93. The fourth-order valence-electron chi connectivity index (χ4n) is 12.3. The van der Waals surface area contributed by atoms with Crippen molar-refractivity contribution in [1.82, 2.24) is 0 Å². The van der Waals surface area contributed by atoms with Crippen molar-refractivity contribution in [3.05, 3.63) is 243 Å². The van der Waals surface area contributed by atoms with Crippen LogP contribution in [0.15, 0.2) is 182 Å². The van der Waals surface area contributed by atoms with E-state index in [0.717, 1.165) is 33.5 Å². The number of halogens is 18. The number of carbonyl (C=O) groups excluding carboxylic acids is 4. The predicted molar refractivity (Wildman–Crippen MR) is 317 cm³/mol. The van der Waals surface area contributed by atoms with Crippen LogP contribution in [0.5, 0.6) is 5.75 Å². The van der Waals surface area contributed by atoms with Crippen molar-refractivity contribution in [1.29, 1.82) is 0 Å². The highest BCUT2D eigenvalue weighted by Crippen LogP contribution is 2.48. The number of hydrogen-bond donors (Lipinski definition) is 0. The van der Waals surface area contributed by atoms with Gasteiger partial charge in [-0.1, -0.05) is 157 Å². The quantitative estimate of drug-likeness (QED) is 0.161. The standard InChI is InChI=1S/C20H13F3O.C18H9F9O.C17H13F3O2.C17H13F3O/c21-20(22,23)17-11-13-7-4-10-16(18(13)19(17)24)15-9-3-6-12-5-1-2-8-14(12)15;19-16(20,21)10-4-9(5-11(7-10)17(22,23)24)12-3-1-2-8-6-13(18(25,26)27)15(28)14(8)12;1-22-12-7-5-10(6-8-12)13-4-2-3-11-9-14(17(18,19)20)16(21)15(11)13;1-10-5-7-11(8-6-10)13-4-2-3-12-9-14(17(18,19)20)16(21)15(12)13/h1-10,17H,11H2;1-5,7,13H,6H2;2-8,14H,9H2,1H3;2-8,14H,9H2,1H3. The molecule has 23 heteroatoms. The Bertz CT molecular complexity index is 4400. The molecule has 492 valence electrons. The lowest BCUT2D eigenvalue weighted by atomic mass is 9.92. The van der Waals surface area contributed by atoms with Crippen LogP contribution in [0.3, 0.4) is 0 Å². The van der Waals surface area contributed by atoms with Gasteiger partial charge in [-0.3, -0.25) is 19.2 Å². The summed E-state index contributed by atoms with van der Waals surface area (Å²) in [6.07, 6.45) is -30.1. The second-order valence-electron chi connectivity index (χ2n) is 22.9. The smallest absolute Gasteiger partial charge is 0.416 e. The lowest BCUT2D eigenvalue weighted by Gasteiger charge is -2.16. The van der Waals surface area contributed by atoms with Gasteiger partial charge in [-0.15, -0.1) is 0 Å².